The van der Waals surface area contributed by atoms with Crippen LogP contribution in [-0.2, 0) is 6.54 Å². The normalized spacial score (nSPS) is 10.8. The Morgan fingerprint density at radius 2 is 2.08 bits per heavy atom. The number of hydrogen-bond acceptors (Lipinski definition) is 6. The van der Waals surface area contributed by atoms with Gasteiger partial charge in [0.25, 0.3) is 11.8 Å². The van der Waals surface area contributed by atoms with E-state index in [9.17, 15) is 4.79 Å². The van der Waals surface area contributed by atoms with Crippen molar-refractivity contribution in [3.8, 4) is 22.0 Å². The fourth-order valence-electron chi connectivity index (χ4n) is 2.57. The molecular formula is C18H15N5O2S. The topological polar surface area (TPSA) is 96.7 Å². The summed E-state index contributed by atoms with van der Waals surface area (Å²) in [4.78, 5) is 17.6. The first-order chi connectivity index (χ1) is 12.7. The summed E-state index contributed by atoms with van der Waals surface area (Å²) in [6, 6.07) is 13.5. The maximum atomic E-state index is 12.5. The Bertz CT molecular complexity index is 1020. The van der Waals surface area contributed by atoms with Gasteiger partial charge in [-0.1, -0.05) is 41.6 Å². The van der Waals surface area contributed by atoms with E-state index in [1.165, 1.54) is 11.3 Å². The van der Waals surface area contributed by atoms with E-state index in [-0.39, 0.29) is 12.5 Å². The van der Waals surface area contributed by atoms with Gasteiger partial charge in [0.05, 0.1) is 17.1 Å². The van der Waals surface area contributed by atoms with E-state index in [2.05, 4.69) is 25.7 Å². The first-order valence-electron chi connectivity index (χ1n) is 7.97. The van der Waals surface area contributed by atoms with Crippen LogP contribution in [0.4, 0.5) is 0 Å². The molecule has 26 heavy (non-hydrogen) atoms. The maximum Gasteiger partial charge on any atom is 0.269 e. The van der Waals surface area contributed by atoms with Crippen molar-refractivity contribution in [2.45, 2.75) is 13.5 Å². The molecule has 3 heterocycles. The minimum absolute atomic E-state index is 0.173. The predicted molar refractivity (Wildman–Crippen MR) is 97.5 cm³/mol. The lowest BCUT2D eigenvalue weighted by atomic mass is 10.1. The van der Waals surface area contributed by atoms with E-state index in [0.29, 0.717) is 17.4 Å². The van der Waals surface area contributed by atoms with E-state index in [1.54, 1.807) is 0 Å². The largest absolute Gasteiger partial charge is 0.343 e. The molecule has 0 saturated heterocycles. The van der Waals surface area contributed by atoms with Crippen molar-refractivity contribution in [3.63, 3.8) is 0 Å². The average Bonchev–Trinajstić information content (AvgIpc) is 3.41. The van der Waals surface area contributed by atoms with Crippen LogP contribution in [0.25, 0.3) is 22.0 Å². The number of nitrogens with zero attached hydrogens (tertiary/aromatic N) is 3. The standard InChI is InChI=1S/C18H15N5O2S/c1-11-15(12-6-3-2-4-7-12)21-22-16(11)17(24)19-10-14-20-18(25-23-14)13-8-5-9-26-13/h2-9H,10H2,1H3,(H,19,24)(H,21,22). The molecule has 0 unspecified atom stereocenters. The molecule has 4 rings (SSSR count). The van der Waals surface area contributed by atoms with Gasteiger partial charge in [0, 0.05) is 11.1 Å². The molecule has 0 aliphatic heterocycles. The van der Waals surface area contributed by atoms with Crippen LogP contribution < -0.4 is 5.32 Å². The van der Waals surface area contributed by atoms with Gasteiger partial charge >= 0.3 is 0 Å². The molecule has 0 bridgehead atoms. The van der Waals surface area contributed by atoms with Gasteiger partial charge in [-0.25, -0.2) is 0 Å². The molecule has 0 aliphatic carbocycles. The molecule has 0 radical (unpaired) electrons. The first kappa shape index (κ1) is 16.2. The van der Waals surface area contributed by atoms with Crippen molar-refractivity contribution >= 4 is 17.2 Å². The molecule has 3 aromatic heterocycles. The second-order valence-corrected chi connectivity index (χ2v) is 6.56. The summed E-state index contributed by atoms with van der Waals surface area (Å²) >= 11 is 1.52. The van der Waals surface area contributed by atoms with Crippen LogP contribution in [0.2, 0.25) is 0 Å². The first-order valence-corrected chi connectivity index (χ1v) is 8.85. The van der Waals surface area contributed by atoms with Crippen LogP contribution in [0.3, 0.4) is 0 Å². The minimum atomic E-state index is -0.264. The second kappa shape index (κ2) is 6.93. The van der Waals surface area contributed by atoms with Crippen LogP contribution in [0.15, 0.2) is 52.4 Å². The molecule has 0 fully saturated rings. The zero-order valence-corrected chi connectivity index (χ0v) is 14.7. The molecule has 4 aromatic rings. The highest BCUT2D eigenvalue weighted by Crippen LogP contribution is 2.23. The smallest absolute Gasteiger partial charge is 0.269 e. The molecule has 7 nitrogen and oxygen atoms in total. The monoisotopic (exact) mass is 365 g/mol. The van der Waals surface area contributed by atoms with Crippen LogP contribution in [0.1, 0.15) is 21.9 Å². The van der Waals surface area contributed by atoms with E-state index >= 15 is 0 Å². The summed E-state index contributed by atoms with van der Waals surface area (Å²) in [5.41, 5.74) is 2.93. The molecule has 2 N–H and O–H groups in total. The fraction of sp³-hybridized carbons (Fsp3) is 0.111. The third-order valence-electron chi connectivity index (χ3n) is 3.89. The molecular weight excluding hydrogens is 350 g/mol. The lowest BCUT2D eigenvalue weighted by Gasteiger charge is -2.02. The Hall–Kier alpha value is -3.26. The summed E-state index contributed by atoms with van der Waals surface area (Å²) < 4.78 is 5.21. The molecule has 1 amide bonds. The van der Waals surface area contributed by atoms with Crippen LogP contribution >= 0.6 is 11.3 Å². The van der Waals surface area contributed by atoms with Crippen LogP contribution in [0, 0.1) is 6.92 Å². The number of nitrogens with one attached hydrogen (secondary N) is 2. The number of aromatic nitrogens is 4. The Labute approximate surface area is 153 Å². The van der Waals surface area contributed by atoms with Crippen molar-refractivity contribution < 1.29 is 9.32 Å². The highest BCUT2D eigenvalue weighted by molar-refractivity contribution is 7.13. The zero-order chi connectivity index (χ0) is 17.9. The summed E-state index contributed by atoms with van der Waals surface area (Å²) in [6.45, 7) is 2.04. The number of carbonyl (C=O) groups excluding carboxylic acids is 1. The summed E-state index contributed by atoms with van der Waals surface area (Å²) in [5, 5.41) is 15.7. The number of rotatable bonds is 5. The number of amides is 1. The third kappa shape index (κ3) is 3.14. The number of thiophene rings is 1. The predicted octanol–water partition coefficient (Wildman–Crippen LogP) is 3.43. The van der Waals surface area contributed by atoms with Crippen LogP contribution in [0.5, 0.6) is 0 Å². The number of carbonyl (C=O) groups is 1. The lowest BCUT2D eigenvalue weighted by Crippen LogP contribution is -2.24. The fourth-order valence-corrected chi connectivity index (χ4v) is 3.21. The Morgan fingerprint density at radius 1 is 1.23 bits per heavy atom. The van der Waals surface area contributed by atoms with Gasteiger partial charge < -0.3 is 9.84 Å². The SMILES string of the molecule is Cc1c(-c2ccccc2)n[nH]c1C(=O)NCc1noc(-c2cccs2)n1. The van der Waals surface area contributed by atoms with Crippen molar-refractivity contribution in [1.29, 1.82) is 0 Å². The Balaban J connectivity index is 1.45. The van der Waals surface area contributed by atoms with Crippen molar-refractivity contribution in [1.82, 2.24) is 25.7 Å². The van der Waals surface area contributed by atoms with Crippen molar-refractivity contribution in [2.24, 2.45) is 0 Å². The second-order valence-electron chi connectivity index (χ2n) is 5.61. The van der Waals surface area contributed by atoms with Gasteiger partial charge in [-0.05, 0) is 18.4 Å². The van der Waals surface area contributed by atoms with E-state index in [4.69, 9.17) is 4.52 Å². The molecule has 1 aromatic carbocycles. The summed E-state index contributed by atoms with van der Waals surface area (Å²) in [7, 11) is 0. The molecule has 0 saturated carbocycles. The highest BCUT2D eigenvalue weighted by atomic mass is 32.1. The van der Waals surface area contributed by atoms with Gasteiger partial charge in [0.2, 0.25) is 0 Å². The van der Waals surface area contributed by atoms with Gasteiger partial charge in [-0.3, -0.25) is 9.89 Å². The van der Waals surface area contributed by atoms with Crippen molar-refractivity contribution in [3.05, 3.63) is 64.9 Å². The summed E-state index contributed by atoms with van der Waals surface area (Å²) in [5.74, 6) is 0.607. The highest BCUT2D eigenvalue weighted by Gasteiger charge is 2.17. The van der Waals surface area contributed by atoms with Crippen molar-refractivity contribution in [2.75, 3.05) is 0 Å². The van der Waals surface area contributed by atoms with Gasteiger partial charge in [0.15, 0.2) is 5.82 Å². The van der Waals surface area contributed by atoms with E-state index in [1.807, 2.05) is 54.8 Å². The number of hydrogen-bond donors (Lipinski definition) is 2. The average molecular weight is 365 g/mol. The molecule has 130 valence electrons. The number of H-pyrrole nitrogens is 1. The maximum absolute atomic E-state index is 12.5. The van der Waals surface area contributed by atoms with E-state index < -0.39 is 0 Å². The molecule has 8 heteroatoms. The number of benzene rings is 1. The Kier molecular flexibility index (Phi) is 4.32. The minimum Gasteiger partial charge on any atom is -0.343 e. The number of aromatic amines is 1. The van der Waals surface area contributed by atoms with Gasteiger partial charge in [-0.15, -0.1) is 11.3 Å². The molecule has 0 aliphatic rings. The van der Waals surface area contributed by atoms with E-state index in [0.717, 1.165) is 21.7 Å². The lowest BCUT2D eigenvalue weighted by molar-refractivity contribution is 0.0944. The third-order valence-corrected chi connectivity index (χ3v) is 4.75. The molecule has 0 atom stereocenters. The quantitative estimate of drug-likeness (QED) is 0.565. The zero-order valence-electron chi connectivity index (χ0n) is 13.9. The molecule has 0 spiro atoms. The Morgan fingerprint density at radius 3 is 2.85 bits per heavy atom. The summed E-state index contributed by atoms with van der Waals surface area (Å²) in [6.07, 6.45) is 0. The van der Waals surface area contributed by atoms with Gasteiger partial charge in [-0.2, -0.15) is 10.1 Å². The van der Waals surface area contributed by atoms with Crippen LogP contribution in [-0.4, -0.2) is 26.2 Å². The van der Waals surface area contributed by atoms with Gasteiger partial charge in [0.1, 0.15) is 5.69 Å².